The third-order valence-corrected chi connectivity index (χ3v) is 4.41. The maximum Gasteiger partial charge on any atom is 0.166 e. The first-order valence-corrected chi connectivity index (χ1v) is 7.69. The van der Waals surface area contributed by atoms with Crippen LogP contribution in [0.25, 0.3) is 0 Å². The fourth-order valence-corrected chi connectivity index (χ4v) is 3.22. The van der Waals surface area contributed by atoms with Gasteiger partial charge in [0.05, 0.1) is 19.8 Å². The average molecular weight is 283 g/mol. The van der Waals surface area contributed by atoms with E-state index < -0.39 is 6.04 Å². The normalized spacial score (nSPS) is 20.9. The summed E-state index contributed by atoms with van der Waals surface area (Å²) in [6, 6.07) is 5.17. The van der Waals surface area contributed by atoms with E-state index in [1.165, 1.54) is 12.2 Å². The van der Waals surface area contributed by atoms with Gasteiger partial charge in [0, 0.05) is 11.3 Å². The number of thioether (sulfide) groups is 1. The van der Waals surface area contributed by atoms with Gasteiger partial charge in [-0.15, -0.1) is 0 Å². The first kappa shape index (κ1) is 14.5. The minimum absolute atomic E-state index is 0.108. The molecular formula is C14H21NO3S. The summed E-state index contributed by atoms with van der Waals surface area (Å²) in [5, 5.41) is 9.26. The van der Waals surface area contributed by atoms with Gasteiger partial charge in [-0.1, -0.05) is 12.1 Å². The molecule has 1 aromatic rings. The molecule has 2 unspecified atom stereocenters. The van der Waals surface area contributed by atoms with Crippen LogP contribution in [0.15, 0.2) is 18.2 Å². The Balaban J connectivity index is 2.24. The highest BCUT2D eigenvalue weighted by molar-refractivity contribution is 7.99. The lowest BCUT2D eigenvalue weighted by Crippen LogP contribution is -2.25. The lowest BCUT2D eigenvalue weighted by Gasteiger charge is -2.26. The summed E-state index contributed by atoms with van der Waals surface area (Å²) < 4.78 is 11.4. The first-order chi connectivity index (χ1) is 9.26. The molecule has 0 spiro atoms. The second-order valence-corrected chi connectivity index (χ2v) is 5.77. The highest BCUT2D eigenvalue weighted by Crippen LogP contribution is 2.36. The molecule has 0 radical (unpaired) electrons. The van der Waals surface area contributed by atoms with Crippen molar-refractivity contribution in [3.05, 3.63) is 23.8 Å². The molecule has 1 saturated heterocycles. The van der Waals surface area contributed by atoms with Crippen molar-refractivity contribution in [1.29, 1.82) is 0 Å². The van der Waals surface area contributed by atoms with Gasteiger partial charge in [0.25, 0.3) is 0 Å². The van der Waals surface area contributed by atoms with Gasteiger partial charge >= 0.3 is 0 Å². The zero-order chi connectivity index (χ0) is 13.7. The SMILES string of the molecule is COc1cccc(C(N)CO)c1OC1CCCSC1. The van der Waals surface area contributed by atoms with Crippen molar-refractivity contribution in [3.8, 4) is 11.5 Å². The molecule has 1 aromatic carbocycles. The smallest absolute Gasteiger partial charge is 0.166 e. The Morgan fingerprint density at radius 3 is 3.00 bits per heavy atom. The van der Waals surface area contributed by atoms with Crippen LogP contribution >= 0.6 is 11.8 Å². The van der Waals surface area contributed by atoms with Crippen LogP contribution in [-0.4, -0.2) is 36.4 Å². The average Bonchev–Trinajstić information content (AvgIpc) is 2.47. The van der Waals surface area contributed by atoms with Crippen LogP contribution in [0.4, 0.5) is 0 Å². The number of hydrogen-bond donors (Lipinski definition) is 2. The van der Waals surface area contributed by atoms with Gasteiger partial charge in [0.15, 0.2) is 11.5 Å². The quantitative estimate of drug-likeness (QED) is 0.865. The van der Waals surface area contributed by atoms with E-state index in [9.17, 15) is 5.11 Å². The summed E-state index contributed by atoms with van der Waals surface area (Å²) in [6.07, 6.45) is 2.42. The van der Waals surface area contributed by atoms with Crippen molar-refractivity contribution < 1.29 is 14.6 Å². The molecule has 2 atom stereocenters. The first-order valence-electron chi connectivity index (χ1n) is 6.54. The molecule has 0 aromatic heterocycles. The summed E-state index contributed by atoms with van der Waals surface area (Å²) in [5.74, 6) is 3.55. The van der Waals surface area contributed by atoms with E-state index in [1.807, 2.05) is 30.0 Å². The van der Waals surface area contributed by atoms with E-state index in [1.54, 1.807) is 7.11 Å². The molecule has 1 heterocycles. The number of ether oxygens (including phenoxy) is 2. The number of aliphatic hydroxyl groups excluding tert-OH is 1. The van der Waals surface area contributed by atoms with Crippen molar-refractivity contribution in [2.75, 3.05) is 25.2 Å². The molecule has 19 heavy (non-hydrogen) atoms. The van der Waals surface area contributed by atoms with Gasteiger partial charge in [-0.25, -0.2) is 0 Å². The fraction of sp³-hybridized carbons (Fsp3) is 0.571. The predicted octanol–water partition coefficient (Wildman–Crippen LogP) is 1.96. The third kappa shape index (κ3) is 3.55. The van der Waals surface area contributed by atoms with E-state index in [0.29, 0.717) is 11.5 Å². The van der Waals surface area contributed by atoms with Gasteiger partial charge < -0.3 is 20.3 Å². The van der Waals surface area contributed by atoms with Crippen LogP contribution in [0.5, 0.6) is 11.5 Å². The highest BCUT2D eigenvalue weighted by Gasteiger charge is 2.21. The van der Waals surface area contributed by atoms with Crippen molar-refractivity contribution >= 4 is 11.8 Å². The lowest BCUT2D eigenvalue weighted by molar-refractivity contribution is 0.195. The maximum absolute atomic E-state index is 9.26. The van der Waals surface area contributed by atoms with Crippen molar-refractivity contribution in [2.24, 2.45) is 5.73 Å². The van der Waals surface area contributed by atoms with E-state index in [4.69, 9.17) is 15.2 Å². The van der Waals surface area contributed by atoms with Gasteiger partial charge in [0.2, 0.25) is 0 Å². The molecule has 0 saturated carbocycles. The molecule has 0 aliphatic carbocycles. The molecule has 1 aliphatic rings. The number of benzene rings is 1. The van der Waals surface area contributed by atoms with Gasteiger partial charge in [0.1, 0.15) is 6.10 Å². The number of nitrogens with two attached hydrogens (primary N) is 1. The fourth-order valence-electron chi connectivity index (χ4n) is 2.18. The minimum Gasteiger partial charge on any atom is -0.493 e. The van der Waals surface area contributed by atoms with Crippen LogP contribution < -0.4 is 15.2 Å². The Morgan fingerprint density at radius 1 is 1.53 bits per heavy atom. The summed E-state index contributed by atoms with van der Waals surface area (Å²) in [7, 11) is 1.62. The summed E-state index contributed by atoms with van der Waals surface area (Å²) in [4.78, 5) is 0. The van der Waals surface area contributed by atoms with Gasteiger partial charge in [-0.2, -0.15) is 11.8 Å². The van der Waals surface area contributed by atoms with Gasteiger partial charge in [-0.05, 0) is 24.7 Å². The summed E-state index contributed by atoms with van der Waals surface area (Å²) >= 11 is 1.91. The number of rotatable bonds is 5. The van der Waals surface area contributed by atoms with Crippen molar-refractivity contribution in [3.63, 3.8) is 0 Å². The van der Waals surface area contributed by atoms with Crippen LogP contribution in [0, 0.1) is 0 Å². The Hall–Kier alpha value is -0.910. The second-order valence-electron chi connectivity index (χ2n) is 4.62. The number of hydrogen-bond acceptors (Lipinski definition) is 5. The summed E-state index contributed by atoms with van der Waals surface area (Å²) in [5.41, 5.74) is 6.74. The largest absolute Gasteiger partial charge is 0.493 e. The molecule has 106 valence electrons. The summed E-state index contributed by atoms with van der Waals surface area (Å²) in [6.45, 7) is -0.108. The highest BCUT2D eigenvalue weighted by atomic mass is 32.2. The number of methoxy groups -OCH3 is 1. The van der Waals surface area contributed by atoms with Crippen LogP contribution in [-0.2, 0) is 0 Å². The second kappa shape index (κ2) is 7.03. The lowest BCUT2D eigenvalue weighted by atomic mass is 10.1. The molecule has 3 N–H and O–H groups in total. The minimum atomic E-state index is -0.443. The molecular weight excluding hydrogens is 262 g/mol. The van der Waals surface area contributed by atoms with E-state index in [0.717, 1.165) is 17.7 Å². The topological polar surface area (TPSA) is 64.7 Å². The Labute approximate surface area is 118 Å². The molecule has 4 nitrogen and oxygen atoms in total. The van der Waals surface area contributed by atoms with Crippen LogP contribution in [0.3, 0.4) is 0 Å². The molecule has 0 bridgehead atoms. The zero-order valence-electron chi connectivity index (χ0n) is 11.2. The standard InChI is InChI=1S/C14H21NO3S/c1-17-13-6-2-5-11(12(15)8-16)14(13)18-10-4-3-7-19-9-10/h2,5-6,10,12,16H,3-4,7-9,15H2,1H3. The number of para-hydroxylation sites is 1. The monoisotopic (exact) mass is 283 g/mol. The molecule has 1 aliphatic heterocycles. The Bertz CT molecular complexity index is 408. The Morgan fingerprint density at radius 2 is 2.37 bits per heavy atom. The van der Waals surface area contributed by atoms with E-state index in [-0.39, 0.29) is 12.7 Å². The van der Waals surface area contributed by atoms with Gasteiger partial charge in [-0.3, -0.25) is 0 Å². The zero-order valence-corrected chi connectivity index (χ0v) is 12.0. The van der Waals surface area contributed by atoms with Crippen LogP contribution in [0.2, 0.25) is 0 Å². The predicted molar refractivity (Wildman–Crippen MR) is 78.0 cm³/mol. The molecule has 1 fully saturated rings. The molecule has 0 amide bonds. The van der Waals surface area contributed by atoms with E-state index in [2.05, 4.69) is 0 Å². The van der Waals surface area contributed by atoms with Crippen molar-refractivity contribution in [1.82, 2.24) is 0 Å². The Kier molecular flexibility index (Phi) is 5.36. The van der Waals surface area contributed by atoms with Crippen LogP contribution in [0.1, 0.15) is 24.4 Å². The number of aliphatic hydroxyl groups is 1. The molecule has 5 heteroatoms. The van der Waals surface area contributed by atoms with E-state index >= 15 is 0 Å². The maximum atomic E-state index is 9.26. The third-order valence-electron chi connectivity index (χ3n) is 3.23. The molecule has 2 rings (SSSR count). The van der Waals surface area contributed by atoms with Crippen molar-refractivity contribution in [2.45, 2.75) is 25.0 Å².